The highest BCUT2D eigenvalue weighted by molar-refractivity contribution is 6.71. The third-order valence-corrected chi connectivity index (χ3v) is 2.83. The summed E-state index contributed by atoms with van der Waals surface area (Å²) in [7, 11) is 0. The van der Waals surface area contributed by atoms with Gasteiger partial charge in [-0.2, -0.15) is 0 Å². The third kappa shape index (κ3) is 1.80. The molecule has 0 saturated heterocycles. The summed E-state index contributed by atoms with van der Waals surface area (Å²) in [5.74, 6) is -0.252. The molecule has 0 radical (unpaired) electrons. The minimum Gasteiger partial charge on any atom is -0.254 e. The molecule has 0 saturated carbocycles. The molecule has 0 N–H and O–H groups in total. The molecule has 0 aromatic heterocycles. The zero-order valence-corrected chi connectivity index (χ0v) is 9.45. The molecule has 2 aliphatic heterocycles. The molecule has 3 nitrogen and oxygen atoms in total. The van der Waals surface area contributed by atoms with Gasteiger partial charge in [0.2, 0.25) is 0 Å². The molecule has 0 atom stereocenters. The van der Waals surface area contributed by atoms with Gasteiger partial charge in [0.05, 0.1) is 17.6 Å². The Morgan fingerprint density at radius 1 is 1.18 bits per heavy atom. The predicted octanol–water partition coefficient (Wildman–Crippen LogP) is 3.18. The van der Waals surface area contributed by atoms with Crippen molar-refractivity contribution in [2.45, 2.75) is 6.42 Å². The van der Waals surface area contributed by atoms with Gasteiger partial charge in [0.25, 0.3) is 0 Å². The van der Waals surface area contributed by atoms with Crippen LogP contribution in [0.3, 0.4) is 0 Å². The van der Waals surface area contributed by atoms with Crippen molar-refractivity contribution in [3.05, 3.63) is 41.9 Å². The lowest BCUT2D eigenvalue weighted by molar-refractivity contribution is 0.682. The number of hydrogen-bond donors (Lipinski definition) is 0. The van der Waals surface area contributed by atoms with Crippen LogP contribution in [0.25, 0.3) is 0 Å². The smallest absolute Gasteiger partial charge is 0.178 e. The summed E-state index contributed by atoms with van der Waals surface area (Å²) in [6.45, 7) is 0. The number of rotatable bonds is 0. The molecule has 0 amide bonds. The number of halogens is 2. The van der Waals surface area contributed by atoms with Crippen molar-refractivity contribution in [3.8, 4) is 0 Å². The van der Waals surface area contributed by atoms with Gasteiger partial charge < -0.3 is 0 Å². The van der Waals surface area contributed by atoms with Gasteiger partial charge in [0.15, 0.2) is 16.8 Å². The maximum Gasteiger partial charge on any atom is 0.178 e. The van der Waals surface area contributed by atoms with Gasteiger partial charge in [-0.25, -0.2) is 14.4 Å². The molecule has 1 aromatic carbocycles. The highest BCUT2D eigenvalue weighted by Crippen LogP contribution is 2.26. The molecule has 3 rings (SSSR count). The van der Waals surface area contributed by atoms with Crippen LogP contribution in [-0.2, 0) is 6.42 Å². The lowest BCUT2D eigenvalue weighted by Crippen LogP contribution is -2.18. The van der Waals surface area contributed by atoms with E-state index >= 15 is 0 Å². The summed E-state index contributed by atoms with van der Waals surface area (Å²) in [5.41, 5.74) is 2.52. The van der Waals surface area contributed by atoms with Gasteiger partial charge in [0.1, 0.15) is 0 Å². The summed E-state index contributed by atoms with van der Waals surface area (Å²) >= 11 is 5.67. The molecule has 1 aromatic rings. The lowest BCUT2D eigenvalue weighted by Gasteiger charge is -2.13. The van der Waals surface area contributed by atoms with Gasteiger partial charge in [-0.3, -0.25) is 4.99 Å². The summed E-state index contributed by atoms with van der Waals surface area (Å²) in [6.07, 6.45) is 1.67. The van der Waals surface area contributed by atoms with E-state index in [1.165, 1.54) is 0 Å². The fourth-order valence-electron chi connectivity index (χ4n) is 1.73. The van der Waals surface area contributed by atoms with Crippen LogP contribution in [0.4, 0.5) is 10.1 Å². The Morgan fingerprint density at radius 3 is 2.88 bits per heavy atom. The molecule has 84 valence electrons. The molecule has 17 heavy (non-hydrogen) atoms. The van der Waals surface area contributed by atoms with E-state index in [0.717, 1.165) is 17.5 Å². The van der Waals surface area contributed by atoms with Crippen LogP contribution in [0.15, 0.2) is 51.3 Å². The third-order valence-electron chi connectivity index (χ3n) is 2.57. The molecule has 2 aliphatic rings. The Balaban J connectivity index is 2.17. The zero-order chi connectivity index (χ0) is 11.8. The maximum absolute atomic E-state index is 13.2. The Labute approximate surface area is 102 Å². The van der Waals surface area contributed by atoms with Gasteiger partial charge in [-0.1, -0.05) is 29.8 Å². The van der Waals surface area contributed by atoms with Crippen LogP contribution >= 0.6 is 11.6 Å². The summed E-state index contributed by atoms with van der Waals surface area (Å²) < 4.78 is 13.2. The van der Waals surface area contributed by atoms with Gasteiger partial charge >= 0.3 is 0 Å². The summed E-state index contributed by atoms with van der Waals surface area (Å²) in [6, 6.07) is 7.68. The number of hydrogen-bond acceptors (Lipinski definition) is 3. The van der Waals surface area contributed by atoms with E-state index in [9.17, 15) is 4.39 Å². The Kier molecular flexibility index (Phi) is 2.37. The van der Waals surface area contributed by atoms with Crippen LogP contribution in [0.2, 0.25) is 0 Å². The fraction of sp³-hybridized carbons (Fsp3) is 0.0833. The minimum absolute atomic E-state index is 0.207. The standard InChI is InChI=1S/C12H7ClFN3/c13-11-8(14)6-15-10-5-7-3-1-2-4-9(7)16-12(10)17-11/h1-4,6H,5H2. The summed E-state index contributed by atoms with van der Waals surface area (Å²) in [4.78, 5) is 12.3. The molecular weight excluding hydrogens is 241 g/mol. The van der Waals surface area contributed by atoms with Crippen LogP contribution in [0.1, 0.15) is 5.56 Å². The largest absolute Gasteiger partial charge is 0.254 e. The number of allylic oxidation sites excluding steroid dienone is 1. The van der Waals surface area contributed by atoms with Crippen molar-refractivity contribution in [2.24, 2.45) is 15.0 Å². The Morgan fingerprint density at radius 2 is 2.00 bits per heavy atom. The molecular formula is C12H7ClFN3. The fourth-order valence-corrected chi connectivity index (χ4v) is 1.86. The SMILES string of the molecule is FC1=CN=C2Cc3ccccc3N=C2N=C1Cl. The molecule has 0 spiro atoms. The van der Waals surface area contributed by atoms with Crippen molar-refractivity contribution in [2.75, 3.05) is 0 Å². The molecule has 2 heterocycles. The van der Waals surface area contributed by atoms with Crippen molar-refractivity contribution < 1.29 is 4.39 Å². The van der Waals surface area contributed by atoms with Gasteiger partial charge in [-0.15, -0.1) is 0 Å². The van der Waals surface area contributed by atoms with E-state index in [2.05, 4.69) is 15.0 Å². The number of amidine groups is 1. The van der Waals surface area contributed by atoms with E-state index < -0.39 is 5.83 Å². The highest BCUT2D eigenvalue weighted by Gasteiger charge is 2.20. The number of benzene rings is 1. The predicted molar refractivity (Wildman–Crippen MR) is 67.2 cm³/mol. The Bertz CT molecular complexity index is 614. The van der Waals surface area contributed by atoms with Crippen LogP contribution < -0.4 is 0 Å². The van der Waals surface area contributed by atoms with E-state index in [1.807, 2.05) is 24.3 Å². The van der Waals surface area contributed by atoms with Crippen LogP contribution in [0.5, 0.6) is 0 Å². The summed E-state index contributed by atoms with van der Waals surface area (Å²) in [5, 5.41) is -0.207. The molecule has 0 unspecified atom stereocenters. The quantitative estimate of drug-likeness (QED) is 0.675. The van der Waals surface area contributed by atoms with E-state index in [0.29, 0.717) is 18.0 Å². The first kappa shape index (κ1) is 10.4. The molecule has 0 bridgehead atoms. The average molecular weight is 248 g/mol. The topological polar surface area (TPSA) is 37.1 Å². The molecule has 0 aliphatic carbocycles. The normalized spacial score (nSPS) is 18.0. The number of aliphatic imine (C=N–C) groups is 3. The second-order valence-corrected chi connectivity index (χ2v) is 4.05. The van der Waals surface area contributed by atoms with E-state index in [-0.39, 0.29) is 5.17 Å². The number of nitrogens with zero attached hydrogens (tertiary/aromatic N) is 3. The molecule has 0 fully saturated rings. The monoisotopic (exact) mass is 247 g/mol. The van der Waals surface area contributed by atoms with Gasteiger partial charge in [-0.05, 0) is 11.6 Å². The van der Waals surface area contributed by atoms with Crippen LogP contribution in [0, 0.1) is 0 Å². The Hall–Kier alpha value is -1.81. The van der Waals surface area contributed by atoms with E-state index in [1.54, 1.807) is 0 Å². The van der Waals surface area contributed by atoms with Crippen LogP contribution in [-0.4, -0.2) is 16.7 Å². The number of fused-ring (bicyclic) bond motifs is 2. The first-order chi connectivity index (χ1) is 8.24. The second kappa shape index (κ2) is 3.89. The van der Waals surface area contributed by atoms with Crippen molar-refractivity contribution >= 4 is 34.0 Å². The highest BCUT2D eigenvalue weighted by atomic mass is 35.5. The van der Waals surface area contributed by atoms with Crippen molar-refractivity contribution in [1.29, 1.82) is 0 Å². The number of para-hydroxylation sites is 1. The minimum atomic E-state index is -0.639. The molecule has 5 heteroatoms. The van der Waals surface area contributed by atoms with Crippen molar-refractivity contribution in [1.82, 2.24) is 0 Å². The van der Waals surface area contributed by atoms with Gasteiger partial charge in [0, 0.05) is 6.42 Å². The first-order valence-corrected chi connectivity index (χ1v) is 5.46. The maximum atomic E-state index is 13.2. The second-order valence-electron chi connectivity index (χ2n) is 3.70. The first-order valence-electron chi connectivity index (χ1n) is 5.08. The zero-order valence-electron chi connectivity index (χ0n) is 8.69. The lowest BCUT2D eigenvalue weighted by atomic mass is 10.0. The van der Waals surface area contributed by atoms with E-state index in [4.69, 9.17) is 11.6 Å². The van der Waals surface area contributed by atoms with Crippen molar-refractivity contribution in [3.63, 3.8) is 0 Å². The average Bonchev–Trinajstić information content (AvgIpc) is 2.47.